The lowest BCUT2D eigenvalue weighted by atomic mass is 10.2. The van der Waals surface area contributed by atoms with E-state index in [0.717, 1.165) is 25.3 Å². The topological polar surface area (TPSA) is 96.0 Å². The number of halogens is 1. The minimum atomic E-state index is -0.339. The standard InChI is InChI=1S/C18H21ClN6O2/c1-3-25(4-2)9-10-27-17(26)12-5-7-13(8-6-12)22-16-14-15(21-11-20-14)23-18(19)24-16/h5-8,11H,3-4,9-10H2,1-2H3,(H2,20,21,22,23,24). The van der Waals surface area contributed by atoms with Crippen LogP contribution in [0.2, 0.25) is 5.28 Å². The van der Waals surface area contributed by atoms with Crippen LogP contribution in [0.4, 0.5) is 11.5 Å². The SMILES string of the molecule is CCN(CC)CCOC(=O)c1ccc(Nc2nc(Cl)nc3[nH]cnc23)cc1. The summed E-state index contributed by atoms with van der Waals surface area (Å²) in [6.45, 7) is 7.14. The molecule has 3 aromatic rings. The number of anilines is 2. The van der Waals surface area contributed by atoms with Crippen molar-refractivity contribution in [1.29, 1.82) is 0 Å². The average molecular weight is 389 g/mol. The monoisotopic (exact) mass is 388 g/mol. The second-order valence-corrected chi connectivity index (χ2v) is 6.14. The van der Waals surface area contributed by atoms with Gasteiger partial charge in [0.25, 0.3) is 0 Å². The van der Waals surface area contributed by atoms with E-state index in [1.807, 2.05) is 0 Å². The predicted octanol–water partition coefficient (Wildman–Crippen LogP) is 3.25. The van der Waals surface area contributed by atoms with Crippen molar-refractivity contribution in [2.45, 2.75) is 13.8 Å². The molecule has 0 saturated carbocycles. The molecular weight excluding hydrogens is 368 g/mol. The summed E-state index contributed by atoms with van der Waals surface area (Å²) in [4.78, 5) is 29.6. The summed E-state index contributed by atoms with van der Waals surface area (Å²) in [7, 11) is 0. The van der Waals surface area contributed by atoms with E-state index in [1.54, 1.807) is 24.3 Å². The van der Waals surface area contributed by atoms with Gasteiger partial charge in [0.2, 0.25) is 5.28 Å². The Balaban J connectivity index is 1.63. The van der Waals surface area contributed by atoms with Crippen molar-refractivity contribution in [3.8, 4) is 0 Å². The number of aromatic nitrogens is 4. The molecule has 2 heterocycles. The molecule has 0 radical (unpaired) electrons. The van der Waals surface area contributed by atoms with Gasteiger partial charge >= 0.3 is 5.97 Å². The number of nitrogens with zero attached hydrogens (tertiary/aromatic N) is 4. The second-order valence-electron chi connectivity index (χ2n) is 5.81. The van der Waals surface area contributed by atoms with Crippen LogP contribution in [0.15, 0.2) is 30.6 Å². The summed E-state index contributed by atoms with van der Waals surface area (Å²) >= 11 is 5.93. The maximum atomic E-state index is 12.1. The summed E-state index contributed by atoms with van der Waals surface area (Å²) in [6, 6.07) is 6.95. The fourth-order valence-corrected chi connectivity index (χ4v) is 2.78. The van der Waals surface area contributed by atoms with Crippen LogP contribution in [0.1, 0.15) is 24.2 Å². The van der Waals surface area contributed by atoms with E-state index in [2.05, 4.69) is 44.0 Å². The van der Waals surface area contributed by atoms with Gasteiger partial charge in [0.05, 0.1) is 11.9 Å². The Bertz CT molecular complexity index is 908. The Morgan fingerprint density at radius 1 is 1.22 bits per heavy atom. The molecule has 3 rings (SSSR count). The van der Waals surface area contributed by atoms with E-state index in [4.69, 9.17) is 16.3 Å². The molecule has 8 nitrogen and oxygen atoms in total. The van der Waals surface area contributed by atoms with E-state index in [9.17, 15) is 4.79 Å². The van der Waals surface area contributed by atoms with E-state index in [1.165, 1.54) is 6.33 Å². The summed E-state index contributed by atoms with van der Waals surface area (Å²) in [5.74, 6) is 0.147. The van der Waals surface area contributed by atoms with Gasteiger partial charge in [-0.2, -0.15) is 9.97 Å². The highest BCUT2D eigenvalue weighted by Gasteiger charge is 2.11. The molecule has 27 heavy (non-hydrogen) atoms. The van der Waals surface area contributed by atoms with Crippen LogP contribution >= 0.6 is 11.6 Å². The summed E-state index contributed by atoms with van der Waals surface area (Å²) in [5.41, 5.74) is 2.37. The minimum absolute atomic E-state index is 0.114. The van der Waals surface area contributed by atoms with Crippen LogP contribution in [0, 0.1) is 0 Å². The number of likely N-dealkylation sites (N-methyl/N-ethyl adjacent to an activating group) is 1. The number of esters is 1. The molecule has 0 bridgehead atoms. The third-order valence-corrected chi connectivity index (χ3v) is 4.34. The molecular formula is C18H21ClN6O2. The number of imidazole rings is 1. The summed E-state index contributed by atoms with van der Waals surface area (Å²) < 4.78 is 5.33. The molecule has 1 aromatic carbocycles. The van der Waals surface area contributed by atoms with E-state index >= 15 is 0 Å². The Labute approximate surface area is 161 Å². The Morgan fingerprint density at radius 3 is 2.67 bits per heavy atom. The first-order valence-electron chi connectivity index (χ1n) is 8.74. The number of hydrogen-bond donors (Lipinski definition) is 2. The Hall–Kier alpha value is -2.71. The van der Waals surface area contributed by atoms with Crippen LogP contribution < -0.4 is 5.32 Å². The van der Waals surface area contributed by atoms with Crippen LogP contribution in [0.5, 0.6) is 0 Å². The maximum absolute atomic E-state index is 12.1. The molecule has 0 unspecified atom stereocenters. The molecule has 0 amide bonds. The molecule has 9 heteroatoms. The van der Waals surface area contributed by atoms with Crippen molar-refractivity contribution >= 4 is 40.2 Å². The number of nitrogens with one attached hydrogen (secondary N) is 2. The molecule has 0 aliphatic heterocycles. The van der Waals surface area contributed by atoms with Gasteiger partial charge in [-0.3, -0.25) is 0 Å². The number of aromatic amines is 1. The Morgan fingerprint density at radius 2 is 1.96 bits per heavy atom. The fourth-order valence-electron chi connectivity index (χ4n) is 2.61. The number of rotatable bonds is 8. The number of hydrogen-bond acceptors (Lipinski definition) is 7. The van der Waals surface area contributed by atoms with Crippen LogP contribution in [0.25, 0.3) is 11.2 Å². The van der Waals surface area contributed by atoms with Gasteiger partial charge in [0, 0.05) is 12.2 Å². The zero-order valence-corrected chi connectivity index (χ0v) is 16.0. The lowest BCUT2D eigenvalue weighted by Crippen LogP contribution is -2.27. The Kier molecular flexibility index (Phi) is 6.20. The third kappa shape index (κ3) is 4.72. The first-order valence-corrected chi connectivity index (χ1v) is 9.11. The highest BCUT2D eigenvalue weighted by atomic mass is 35.5. The normalized spacial score (nSPS) is 11.1. The van der Waals surface area contributed by atoms with Crippen molar-refractivity contribution in [1.82, 2.24) is 24.8 Å². The highest BCUT2D eigenvalue weighted by molar-refractivity contribution is 6.28. The van der Waals surface area contributed by atoms with E-state index in [0.29, 0.717) is 29.2 Å². The summed E-state index contributed by atoms with van der Waals surface area (Å²) in [5, 5.41) is 3.25. The van der Waals surface area contributed by atoms with Crippen LogP contribution in [0.3, 0.4) is 0 Å². The van der Waals surface area contributed by atoms with Crippen LogP contribution in [-0.4, -0.2) is 57.0 Å². The van der Waals surface area contributed by atoms with Crippen molar-refractivity contribution in [3.63, 3.8) is 0 Å². The first kappa shape index (κ1) is 19.1. The van der Waals surface area contributed by atoms with E-state index in [-0.39, 0.29) is 11.3 Å². The van der Waals surface area contributed by atoms with Crippen molar-refractivity contribution in [2.24, 2.45) is 0 Å². The molecule has 2 aromatic heterocycles. The second kappa shape index (κ2) is 8.79. The number of carbonyl (C=O) groups is 1. The van der Waals surface area contributed by atoms with Gasteiger partial charge in [-0.1, -0.05) is 13.8 Å². The van der Waals surface area contributed by atoms with Gasteiger partial charge in [-0.25, -0.2) is 9.78 Å². The molecule has 0 fully saturated rings. The lowest BCUT2D eigenvalue weighted by molar-refractivity contribution is 0.0466. The number of ether oxygens (including phenoxy) is 1. The lowest BCUT2D eigenvalue weighted by Gasteiger charge is -2.17. The molecule has 0 aliphatic rings. The van der Waals surface area contributed by atoms with Gasteiger partial charge in [0.1, 0.15) is 6.61 Å². The van der Waals surface area contributed by atoms with Crippen LogP contribution in [-0.2, 0) is 4.74 Å². The number of H-pyrrole nitrogens is 1. The molecule has 142 valence electrons. The maximum Gasteiger partial charge on any atom is 0.338 e. The minimum Gasteiger partial charge on any atom is -0.461 e. The zero-order valence-electron chi connectivity index (χ0n) is 15.2. The third-order valence-electron chi connectivity index (χ3n) is 4.17. The van der Waals surface area contributed by atoms with Crippen molar-refractivity contribution < 1.29 is 9.53 Å². The average Bonchev–Trinajstić information content (AvgIpc) is 3.14. The molecule has 0 spiro atoms. The number of benzene rings is 1. The fraction of sp³-hybridized carbons (Fsp3) is 0.333. The predicted molar refractivity (Wildman–Crippen MR) is 104 cm³/mol. The van der Waals surface area contributed by atoms with Gasteiger partial charge in [-0.15, -0.1) is 0 Å². The number of carbonyl (C=O) groups excluding carboxylic acids is 1. The van der Waals surface area contributed by atoms with Gasteiger partial charge in [-0.05, 0) is 49.0 Å². The molecule has 0 saturated heterocycles. The highest BCUT2D eigenvalue weighted by Crippen LogP contribution is 2.23. The summed E-state index contributed by atoms with van der Waals surface area (Å²) in [6.07, 6.45) is 1.53. The smallest absolute Gasteiger partial charge is 0.338 e. The van der Waals surface area contributed by atoms with E-state index < -0.39 is 0 Å². The molecule has 0 aliphatic carbocycles. The molecule has 2 N–H and O–H groups in total. The largest absolute Gasteiger partial charge is 0.461 e. The molecule has 0 atom stereocenters. The van der Waals surface area contributed by atoms with Crippen molar-refractivity contribution in [2.75, 3.05) is 31.6 Å². The van der Waals surface area contributed by atoms with Crippen molar-refractivity contribution in [3.05, 3.63) is 41.4 Å². The first-order chi connectivity index (χ1) is 13.1. The van der Waals surface area contributed by atoms with Gasteiger partial charge in [0.15, 0.2) is 17.0 Å². The number of fused-ring (bicyclic) bond motifs is 1. The quantitative estimate of drug-likeness (QED) is 0.451. The van der Waals surface area contributed by atoms with Gasteiger partial charge < -0.3 is 19.9 Å². The zero-order chi connectivity index (χ0) is 19.2.